The van der Waals surface area contributed by atoms with E-state index in [0.29, 0.717) is 4.43 Å². The SMILES string of the molecule is C=Ic1ccc(C)cc1.C=Ic1cccc(Br)c1.CC1CI(C)c2ccccc21.CI(O)c1ccccc1.CI1OC(C)(C)c2ccccc21.CI1OC(C)(C)c2ccccc21.Cc1cc(C)cc(I=O)c1.O=C1CI(O)c2ccccc21. The summed E-state index contributed by atoms with van der Waals surface area (Å²) in [6, 6.07) is 66.4. The van der Waals surface area contributed by atoms with Gasteiger partial charge in [-0.3, -0.25) is 3.07 Å². The Hall–Kier alpha value is -0.870. The van der Waals surface area contributed by atoms with Crippen LogP contribution in [-0.2, 0) is 20.4 Å². The summed E-state index contributed by atoms with van der Waals surface area (Å²) in [6.45, 7) is 17.1. The van der Waals surface area contributed by atoms with Gasteiger partial charge in [-0.05, 0) is 74.4 Å². The van der Waals surface area contributed by atoms with Crippen LogP contribution < -0.4 is 0 Å². The van der Waals surface area contributed by atoms with Crippen LogP contribution in [0.4, 0.5) is 0 Å². The normalized spacial score (nSPS) is 16.7. The van der Waals surface area contributed by atoms with Crippen molar-refractivity contribution in [2.45, 2.75) is 72.5 Å². The first-order valence-electron chi connectivity index (χ1n) is 26.2. The number of hydrogen-bond acceptors (Lipinski definition) is 6. The monoisotopic (exact) mass is 2090 g/mol. The van der Waals surface area contributed by atoms with Gasteiger partial charge in [-0.15, -0.1) is 0 Å². The zero-order valence-corrected chi connectivity index (χ0v) is 68.2. The van der Waals surface area contributed by atoms with Gasteiger partial charge in [-0.1, -0.05) is 96.2 Å². The first-order valence-corrected chi connectivity index (χ1v) is 54.9. The molecule has 1 atom stereocenters. The summed E-state index contributed by atoms with van der Waals surface area (Å²) in [6.07, 6.45) is 0. The third-order valence-corrected chi connectivity index (χ3v) is 37.9. The molecule has 12 rings (SSSR count). The molecule has 83 heavy (non-hydrogen) atoms. The van der Waals surface area contributed by atoms with Gasteiger partial charge in [0.05, 0.1) is 0 Å². The molecule has 0 saturated heterocycles. The van der Waals surface area contributed by atoms with E-state index in [4.69, 9.17) is 6.13 Å². The number of Topliss-reactive ketones (excluding diaryl/α,β-unsaturated/α-hetero) is 1. The first-order chi connectivity index (χ1) is 39.5. The standard InChI is InChI=1S/2C10H13IO.C10H13I.C8H7IO2.C8H9IO.C8H9I.C7H6BrI.C7H9IO/c2*1-10(2)8-6-4-5-7-9(8)11(3)12-10;1-8-7-11(2)10-6-4-3-5-9(8)10;10-8-5-9(11)7-4-2-1-3-6(7)8;1-6-3-7(2)5-8(4-6)9-10;1-7-3-5-8(9-2)6-4-7;1-9-7-4-2-3-6(8)5-7;1-8(9)7-5-3-2-4-6-7/h2*4-7H,1-3H3;3-6,8H,7H2,1-2H3;1-4,11H,5H2;3-5H,1-2H3;3-6H,2H2,1H3;2-5H,1H2;2-6,9H,1H3. The molecule has 0 spiro atoms. The number of hydrogen-bond donors (Lipinski definition) is 2. The minimum absolute atomic E-state index is 0.0126. The Morgan fingerprint density at radius 3 is 1.51 bits per heavy atom. The zero-order chi connectivity index (χ0) is 60.9. The molecule has 0 bridgehead atoms. The summed E-state index contributed by atoms with van der Waals surface area (Å²) in [5, 5.41) is 0. The van der Waals surface area contributed by atoms with Gasteiger partial charge in [0, 0.05) is 15.2 Å². The van der Waals surface area contributed by atoms with Crippen molar-refractivity contribution in [3.8, 4) is 0 Å². The molecule has 4 aliphatic rings. The van der Waals surface area contributed by atoms with Crippen molar-refractivity contribution >= 4 is 194 Å². The number of benzene rings is 8. The van der Waals surface area contributed by atoms with Crippen molar-refractivity contribution in [2.24, 2.45) is 0 Å². The summed E-state index contributed by atoms with van der Waals surface area (Å²) in [7, 11) is 0. The van der Waals surface area contributed by atoms with Crippen molar-refractivity contribution in [1.82, 2.24) is 0 Å². The second kappa shape index (κ2) is 36.7. The molecule has 0 aliphatic carbocycles. The van der Waals surface area contributed by atoms with Crippen LogP contribution in [0.15, 0.2) is 199 Å². The van der Waals surface area contributed by atoms with Crippen LogP contribution in [0.25, 0.3) is 0 Å². The maximum atomic E-state index is 11.2. The molecule has 0 saturated carbocycles. The number of fused-ring (bicyclic) bond motifs is 4. The predicted molar refractivity (Wildman–Crippen MR) is 429 cm³/mol. The van der Waals surface area contributed by atoms with E-state index in [1.807, 2.05) is 91.6 Å². The molecule has 8 aromatic rings. The average molecular weight is 2090 g/mol. The number of carbonyl (C=O) groups is 1. The molecular formula is C68H79BrI8O6. The number of halogens is 9. The molecule has 0 aromatic heterocycles. The predicted octanol–water partition coefficient (Wildman–Crippen LogP) is 21.2. The van der Waals surface area contributed by atoms with Crippen LogP contribution in [0.1, 0.15) is 84.3 Å². The van der Waals surface area contributed by atoms with Crippen LogP contribution in [0.3, 0.4) is 0 Å². The Morgan fingerprint density at radius 2 is 1.06 bits per heavy atom. The Bertz CT molecular complexity index is 3260. The zero-order valence-electron chi connectivity index (χ0n) is 49.3. The Morgan fingerprint density at radius 1 is 0.578 bits per heavy atom. The first kappa shape index (κ1) is 72.9. The van der Waals surface area contributed by atoms with Gasteiger partial charge in [-0.2, -0.15) is 0 Å². The fourth-order valence-corrected chi connectivity index (χ4v) is 31.8. The molecule has 450 valence electrons. The number of carbonyl (C=O) groups excluding carboxylic acids is 1. The van der Waals surface area contributed by atoms with Crippen LogP contribution in [0.2, 0.25) is 0 Å². The van der Waals surface area contributed by atoms with E-state index < -0.39 is 122 Å². The number of ketones is 1. The summed E-state index contributed by atoms with van der Waals surface area (Å²) in [5.41, 5.74) is 8.86. The van der Waals surface area contributed by atoms with Gasteiger partial charge in [0.25, 0.3) is 0 Å². The van der Waals surface area contributed by atoms with Gasteiger partial charge in [-0.25, -0.2) is 0 Å². The van der Waals surface area contributed by atoms with Crippen LogP contribution in [0, 0.1) is 49.3 Å². The van der Waals surface area contributed by atoms with E-state index in [0.717, 1.165) is 26.7 Å². The van der Waals surface area contributed by atoms with Crippen LogP contribution in [0.5, 0.6) is 0 Å². The second-order valence-corrected chi connectivity index (χ2v) is 47.8. The van der Waals surface area contributed by atoms with Gasteiger partial charge in [0.15, 0.2) is 21.2 Å². The van der Waals surface area contributed by atoms with Crippen molar-refractivity contribution in [1.29, 1.82) is 0 Å². The van der Waals surface area contributed by atoms with Gasteiger partial charge in [0.2, 0.25) is 0 Å². The molecule has 1 unspecified atom stereocenters. The molecule has 0 fully saturated rings. The molecule has 0 radical (unpaired) electrons. The van der Waals surface area contributed by atoms with Crippen molar-refractivity contribution < 1.29 is 20.9 Å². The quantitative estimate of drug-likeness (QED) is 0.135. The van der Waals surface area contributed by atoms with Gasteiger partial charge >= 0.3 is 372 Å². The fraction of sp³-hybridized carbons (Fsp3) is 0.250. The van der Waals surface area contributed by atoms with E-state index in [1.54, 1.807) is 15.2 Å². The summed E-state index contributed by atoms with van der Waals surface area (Å²) in [4.78, 5) is 20.1. The van der Waals surface area contributed by atoms with Crippen LogP contribution >= 0.6 is 179 Å². The van der Waals surface area contributed by atoms with Crippen molar-refractivity contribution in [3.63, 3.8) is 0 Å². The number of alkyl halides is 6. The Balaban J connectivity index is 0.000000174. The molecule has 4 heterocycles. The van der Waals surface area contributed by atoms with E-state index in [2.05, 4.69) is 197 Å². The fourth-order valence-electron chi connectivity index (χ4n) is 8.65. The summed E-state index contributed by atoms with van der Waals surface area (Å²) in [5.74, 6) is 0.967. The molecule has 15 heteroatoms. The van der Waals surface area contributed by atoms with E-state index in [9.17, 15) is 14.7 Å². The third-order valence-electron chi connectivity index (χ3n) is 12.6. The number of rotatable bonds is 4. The molecular weight excluding hydrogens is 2010 g/mol. The average Bonchev–Trinajstić information content (AvgIpc) is 4.35. The Labute approximate surface area is 573 Å². The van der Waals surface area contributed by atoms with Gasteiger partial charge in [0.1, 0.15) is 0 Å². The Kier molecular flexibility index (Phi) is 32.2. The van der Waals surface area contributed by atoms with E-state index >= 15 is 0 Å². The second-order valence-electron chi connectivity index (χ2n) is 20.1. The molecule has 0 amide bonds. The molecule has 8 aromatic carbocycles. The van der Waals surface area contributed by atoms with Crippen molar-refractivity contribution in [2.75, 3.05) is 28.6 Å². The molecule has 6 nitrogen and oxygen atoms in total. The maximum absolute atomic E-state index is 11.2. The van der Waals surface area contributed by atoms with Crippen molar-refractivity contribution in [3.05, 3.63) is 266 Å². The third kappa shape index (κ3) is 23.5. The molecule has 4 aliphatic heterocycles. The topological polar surface area (TPSA) is 93.1 Å². The van der Waals surface area contributed by atoms with E-state index in [1.165, 1.54) is 46.5 Å². The summed E-state index contributed by atoms with van der Waals surface area (Å²) >= 11 is -4.37. The van der Waals surface area contributed by atoms with Gasteiger partial charge < -0.3 is 0 Å². The van der Waals surface area contributed by atoms with Crippen LogP contribution in [-0.4, -0.2) is 50.3 Å². The molecule has 2 N–H and O–H groups in total. The minimum atomic E-state index is -2.02. The number of aryl methyl sites for hydroxylation is 3. The van der Waals surface area contributed by atoms with E-state index in [-0.39, 0.29) is 58.4 Å². The summed E-state index contributed by atoms with van der Waals surface area (Å²) < 4.78 is 62.6.